The van der Waals surface area contributed by atoms with Gasteiger partial charge in [0.2, 0.25) is 0 Å². The molecule has 0 aliphatic carbocycles. The summed E-state index contributed by atoms with van der Waals surface area (Å²) in [6.07, 6.45) is 0. The van der Waals surface area contributed by atoms with Crippen LogP contribution in [-0.2, 0) is 15.6 Å². The first-order valence-corrected chi connectivity index (χ1v) is 9.13. The van der Waals surface area contributed by atoms with Crippen LogP contribution < -0.4 is 4.90 Å². The quantitative estimate of drug-likeness (QED) is 0.759. The molecule has 0 spiro atoms. The molecule has 2 rings (SSSR count). The first-order valence-electron chi connectivity index (χ1n) is 6.45. The van der Waals surface area contributed by atoms with Crippen LogP contribution in [0.3, 0.4) is 0 Å². The maximum Gasteiger partial charge on any atom is 0.261 e. The van der Waals surface area contributed by atoms with Crippen molar-refractivity contribution < 1.29 is 8.42 Å². The molecule has 3 nitrogen and oxygen atoms in total. The molecule has 0 unspecified atom stereocenters. The third kappa shape index (κ3) is 4.13. The Balaban J connectivity index is 2.30. The van der Waals surface area contributed by atoms with Gasteiger partial charge in [-0.3, -0.25) is 0 Å². The number of nitrogens with zero attached hydrogens (tertiary/aromatic N) is 1. The molecule has 0 bridgehead atoms. The number of halogens is 2. The maximum atomic E-state index is 11.4. The van der Waals surface area contributed by atoms with E-state index in [4.69, 9.17) is 22.3 Å². The fraction of sp³-hybridized carbons (Fsp3) is 0.200. The Bertz CT molecular complexity index is 732. The second-order valence-electron chi connectivity index (χ2n) is 4.55. The van der Waals surface area contributed by atoms with Gasteiger partial charge in [0.25, 0.3) is 9.05 Å². The summed E-state index contributed by atoms with van der Waals surface area (Å²) in [5.74, 6) is 0. The van der Waals surface area contributed by atoms with Crippen molar-refractivity contribution >= 4 is 37.0 Å². The van der Waals surface area contributed by atoms with Crippen molar-refractivity contribution in [1.82, 2.24) is 0 Å². The van der Waals surface area contributed by atoms with Gasteiger partial charge in [-0.05, 0) is 36.8 Å². The van der Waals surface area contributed by atoms with E-state index < -0.39 is 9.05 Å². The van der Waals surface area contributed by atoms with E-state index >= 15 is 0 Å². The predicted octanol–water partition coefficient (Wildman–Crippen LogP) is 4.29. The molecule has 0 radical (unpaired) electrons. The fourth-order valence-electron chi connectivity index (χ4n) is 2.09. The van der Waals surface area contributed by atoms with Crippen LogP contribution in [0.1, 0.15) is 12.5 Å². The van der Waals surface area contributed by atoms with Crippen molar-refractivity contribution in [2.24, 2.45) is 0 Å². The number of para-hydroxylation sites is 1. The van der Waals surface area contributed by atoms with Crippen LogP contribution in [0.4, 0.5) is 5.69 Å². The molecule has 0 heterocycles. The Kier molecular flexibility index (Phi) is 5.14. The largest absolute Gasteiger partial charge is 0.366 e. The molecule has 0 aliphatic rings. The van der Waals surface area contributed by atoms with Crippen molar-refractivity contribution in [2.75, 3.05) is 11.4 Å². The zero-order chi connectivity index (χ0) is 15.5. The third-order valence-corrected chi connectivity index (χ3v) is 4.80. The summed E-state index contributed by atoms with van der Waals surface area (Å²) in [5, 5.41) is 0.667. The topological polar surface area (TPSA) is 37.4 Å². The van der Waals surface area contributed by atoms with Crippen LogP contribution in [0.25, 0.3) is 0 Å². The van der Waals surface area contributed by atoms with Crippen molar-refractivity contribution in [3.8, 4) is 0 Å². The van der Waals surface area contributed by atoms with E-state index in [1.165, 1.54) is 6.07 Å². The van der Waals surface area contributed by atoms with E-state index in [0.717, 1.165) is 17.8 Å². The Labute approximate surface area is 134 Å². The molecule has 0 aliphatic heterocycles. The molecular weight excluding hydrogens is 329 g/mol. The summed E-state index contributed by atoms with van der Waals surface area (Å²) < 4.78 is 22.8. The molecule has 2 aromatic rings. The summed E-state index contributed by atoms with van der Waals surface area (Å²) >= 11 is 6.21. The van der Waals surface area contributed by atoms with Gasteiger partial charge in [0, 0.05) is 23.8 Å². The number of hydrogen-bond donors (Lipinski definition) is 0. The monoisotopic (exact) mass is 343 g/mol. The lowest BCUT2D eigenvalue weighted by Crippen LogP contribution is -2.22. The average Bonchev–Trinajstić information content (AvgIpc) is 2.45. The first kappa shape index (κ1) is 16.1. The smallest absolute Gasteiger partial charge is 0.261 e. The molecule has 21 heavy (non-hydrogen) atoms. The van der Waals surface area contributed by atoms with Crippen LogP contribution in [0.2, 0.25) is 5.02 Å². The average molecular weight is 344 g/mol. The highest BCUT2D eigenvalue weighted by atomic mass is 35.7. The Hall–Kier alpha value is -1.23. The molecule has 6 heteroatoms. The van der Waals surface area contributed by atoms with Crippen molar-refractivity contribution in [3.05, 3.63) is 59.1 Å². The van der Waals surface area contributed by atoms with E-state index in [0.29, 0.717) is 11.6 Å². The van der Waals surface area contributed by atoms with Crippen molar-refractivity contribution in [3.63, 3.8) is 0 Å². The van der Waals surface area contributed by atoms with Crippen molar-refractivity contribution in [1.29, 1.82) is 0 Å². The SMILES string of the molecule is CCN(Cc1cccc(S(=O)(=O)Cl)c1)c1ccccc1Cl. The lowest BCUT2D eigenvalue weighted by molar-refractivity contribution is 0.609. The summed E-state index contributed by atoms with van der Waals surface area (Å²) in [6, 6.07) is 14.2. The third-order valence-electron chi connectivity index (χ3n) is 3.13. The van der Waals surface area contributed by atoms with Gasteiger partial charge < -0.3 is 4.90 Å². The van der Waals surface area contributed by atoms with Crippen LogP contribution in [0.15, 0.2) is 53.4 Å². The van der Waals surface area contributed by atoms with Crippen LogP contribution in [-0.4, -0.2) is 15.0 Å². The Morgan fingerprint density at radius 3 is 2.43 bits per heavy atom. The number of benzene rings is 2. The van der Waals surface area contributed by atoms with Gasteiger partial charge in [-0.2, -0.15) is 0 Å². The second-order valence-corrected chi connectivity index (χ2v) is 7.52. The summed E-state index contributed by atoms with van der Waals surface area (Å²) in [7, 11) is 1.67. The molecule has 0 amide bonds. The molecule has 2 aromatic carbocycles. The molecular formula is C15H15Cl2NO2S. The predicted molar refractivity (Wildman–Crippen MR) is 87.7 cm³/mol. The molecule has 112 valence electrons. The van der Waals surface area contributed by atoms with E-state index in [1.807, 2.05) is 37.3 Å². The minimum absolute atomic E-state index is 0.108. The standard InChI is InChI=1S/C15H15Cl2NO2S/c1-2-18(15-9-4-3-8-14(15)16)11-12-6-5-7-13(10-12)21(17,19)20/h3-10H,2,11H2,1H3. The highest BCUT2D eigenvalue weighted by Gasteiger charge is 2.13. The van der Waals surface area contributed by atoms with Gasteiger partial charge in [0.1, 0.15) is 0 Å². The summed E-state index contributed by atoms with van der Waals surface area (Å²) in [4.78, 5) is 2.18. The number of anilines is 1. The zero-order valence-electron chi connectivity index (χ0n) is 11.5. The molecule has 0 N–H and O–H groups in total. The summed E-state index contributed by atoms with van der Waals surface area (Å²) in [5.41, 5.74) is 1.78. The normalized spacial score (nSPS) is 11.4. The van der Waals surface area contributed by atoms with Crippen molar-refractivity contribution in [2.45, 2.75) is 18.4 Å². The van der Waals surface area contributed by atoms with Gasteiger partial charge in [-0.15, -0.1) is 0 Å². The number of hydrogen-bond acceptors (Lipinski definition) is 3. The highest BCUT2D eigenvalue weighted by molar-refractivity contribution is 8.13. The summed E-state index contributed by atoms with van der Waals surface area (Å²) in [6.45, 7) is 3.33. The van der Waals surface area contributed by atoms with Gasteiger partial charge >= 0.3 is 0 Å². The Morgan fingerprint density at radius 1 is 1.10 bits per heavy atom. The maximum absolute atomic E-state index is 11.4. The number of rotatable bonds is 5. The molecule has 0 aromatic heterocycles. The van der Waals surface area contributed by atoms with E-state index in [1.54, 1.807) is 12.1 Å². The second kappa shape index (κ2) is 6.69. The minimum Gasteiger partial charge on any atom is -0.366 e. The lowest BCUT2D eigenvalue weighted by Gasteiger charge is -2.24. The Morgan fingerprint density at radius 2 is 1.81 bits per heavy atom. The van der Waals surface area contributed by atoms with Gasteiger partial charge in [0.15, 0.2) is 0 Å². The molecule has 0 saturated carbocycles. The minimum atomic E-state index is -3.71. The van der Waals surface area contributed by atoms with Gasteiger partial charge in [0.05, 0.1) is 15.6 Å². The van der Waals surface area contributed by atoms with Crippen LogP contribution in [0, 0.1) is 0 Å². The lowest BCUT2D eigenvalue weighted by atomic mass is 10.2. The van der Waals surface area contributed by atoms with E-state index in [2.05, 4.69) is 4.90 Å². The molecule has 0 atom stereocenters. The fourth-order valence-corrected chi connectivity index (χ4v) is 3.17. The first-order chi connectivity index (χ1) is 9.91. The van der Waals surface area contributed by atoms with Gasteiger partial charge in [-0.1, -0.05) is 35.9 Å². The van der Waals surface area contributed by atoms with Crippen LogP contribution in [0.5, 0.6) is 0 Å². The van der Waals surface area contributed by atoms with E-state index in [9.17, 15) is 8.42 Å². The zero-order valence-corrected chi connectivity index (χ0v) is 13.8. The van der Waals surface area contributed by atoms with E-state index in [-0.39, 0.29) is 4.90 Å². The molecule has 0 saturated heterocycles. The van der Waals surface area contributed by atoms with Gasteiger partial charge in [-0.25, -0.2) is 8.42 Å². The highest BCUT2D eigenvalue weighted by Crippen LogP contribution is 2.27. The van der Waals surface area contributed by atoms with Crippen LogP contribution >= 0.6 is 22.3 Å². The molecule has 0 fully saturated rings.